The summed E-state index contributed by atoms with van der Waals surface area (Å²) in [5.74, 6) is -0.306. The minimum absolute atomic E-state index is 0.166. The molecular formula is C23H26N4O3. The Balaban J connectivity index is 1.94. The van der Waals surface area contributed by atoms with Crippen LogP contribution in [-0.2, 0) is 6.54 Å². The van der Waals surface area contributed by atoms with E-state index in [1.807, 2.05) is 6.92 Å². The first-order valence-corrected chi connectivity index (χ1v) is 10.2. The van der Waals surface area contributed by atoms with Gasteiger partial charge in [0, 0.05) is 11.9 Å². The van der Waals surface area contributed by atoms with Crippen molar-refractivity contribution in [2.75, 3.05) is 0 Å². The highest BCUT2D eigenvalue weighted by Crippen LogP contribution is 2.15. The van der Waals surface area contributed by atoms with Crippen molar-refractivity contribution in [1.82, 2.24) is 15.2 Å². The van der Waals surface area contributed by atoms with Crippen molar-refractivity contribution in [1.29, 1.82) is 0 Å². The smallest absolute Gasteiger partial charge is 0.292 e. The molecular weight excluding hydrogens is 380 g/mol. The van der Waals surface area contributed by atoms with E-state index < -0.39 is 5.91 Å². The molecule has 0 atom stereocenters. The molecule has 0 aliphatic carbocycles. The number of rotatable bonds is 8. The lowest BCUT2D eigenvalue weighted by atomic mass is 10.1. The fourth-order valence-electron chi connectivity index (χ4n) is 3.24. The number of benzene rings is 2. The molecule has 7 heteroatoms. The van der Waals surface area contributed by atoms with Gasteiger partial charge in [0.1, 0.15) is 5.75 Å². The van der Waals surface area contributed by atoms with E-state index in [2.05, 4.69) is 22.5 Å². The maximum atomic E-state index is 12.9. The van der Waals surface area contributed by atoms with Gasteiger partial charge in [-0.15, -0.1) is 0 Å². The fourth-order valence-corrected chi connectivity index (χ4v) is 3.24. The van der Waals surface area contributed by atoms with Gasteiger partial charge in [-0.1, -0.05) is 44.9 Å². The number of nitrogens with one attached hydrogen (secondary N) is 1. The van der Waals surface area contributed by atoms with Crippen molar-refractivity contribution >= 4 is 22.4 Å². The number of hydrazone groups is 1. The molecule has 3 rings (SSSR count). The number of aromatic hydroxyl groups is 1. The van der Waals surface area contributed by atoms with Gasteiger partial charge in [-0.25, -0.2) is 10.1 Å². The van der Waals surface area contributed by atoms with Gasteiger partial charge >= 0.3 is 0 Å². The summed E-state index contributed by atoms with van der Waals surface area (Å²) >= 11 is 0. The Morgan fingerprint density at radius 2 is 1.77 bits per heavy atom. The Hall–Kier alpha value is -3.48. The van der Waals surface area contributed by atoms with Crippen LogP contribution in [0.25, 0.3) is 10.8 Å². The monoisotopic (exact) mass is 406 g/mol. The zero-order valence-electron chi connectivity index (χ0n) is 17.3. The number of phenolic OH excluding ortho intramolecular Hbond substituents is 1. The number of carbonyl (C=O) groups is 1. The molecule has 156 valence electrons. The first kappa shape index (κ1) is 21.2. The van der Waals surface area contributed by atoms with E-state index in [-0.39, 0.29) is 17.0 Å². The molecule has 0 saturated carbocycles. The van der Waals surface area contributed by atoms with Crippen LogP contribution in [-0.4, -0.2) is 26.5 Å². The molecule has 0 unspecified atom stereocenters. The summed E-state index contributed by atoms with van der Waals surface area (Å²) in [5.41, 5.74) is 4.03. The second-order valence-electron chi connectivity index (χ2n) is 7.03. The molecule has 0 spiro atoms. The number of aryl methyl sites for hydroxylation is 1. The molecule has 0 radical (unpaired) electrons. The van der Waals surface area contributed by atoms with E-state index >= 15 is 0 Å². The number of fused-ring (bicyclic) bond motifs is 1. The van der Waals surface area contributed by atoms with Gasteiger partial charge < -0.3 is 5.11 Å². The molecule has 7 nitrogen and oxygen atoms in total. The minimum Gasteiger partial charge on any atom is -0.508 e. The normalized spacial score (nSPS) is 11.6. The van der Waals surface area contributed by atoms with Crippen molar-refractivity contribution in [2.24, 2.45) is 5.10 Å². The van der Waals surface area contributed by atoms with Crippen LogP contribution >= 0.6 is 0 Å². The van der Waals surface area contributed by atoms with Crippen LogP contribution in [0.2, 0.25) is 0 Å². The maximum Gasteiger partial charge on any atom is 0.292 e. The average Bonchev–Trinajstić information content (AvgIpc) is 2.77. The van der Waals surface area contributed by atoms with E-state index in [1.165, 1.54) is 4.68 Å². The number of nitrogens with zero attached hydrogens (tertiary/aromatic N) is 3. The number of unbranched alkanes of at least 4 members (excludes halogenated alkanes) is 2. The van der Waals surface area contributed by atoms with E-state index in [9.17, 15) is 14.7 Å². The summed E-state index contributed by atoms with van der Waals surface area (Å²) in [6.07, 6.45) is 3.43. The van der Waals surface area contributed by atoms with Gasteiger partial charge in [0.15, 0.2) is 5.69 Å². The number of amides is 1. The number of aromatic nitrogens is 2. The summed E-state index contributed by atoms with van der Waals surface area (Å²) in [5, 5.41) is 19.0. The molecule has 3 aromatic rings. The van der Waals surface area contributed by atoms with Crippen molar-refractivity contribution in [3.63, 3.8) is 0 Å². The number of carbonyl (C=O) groups excluding carboxylic acids is 1. The molecule has 0 fully saturated rings. The number of hydrogen-bond acceptors (Lipinski definition) is 5. The summed E-state index contributed by atoms with van der Waals surface area (Å²) in [6.45, 7) is 4.49. The molecule has 1 aromatic heterocycles. The molecule has 1 heterocycles. The van der Waals surface area contributed by atoms with E-state index in [0.29, 0.717) is 29.4 Å². The van der Waals surface area contributed by atoms with Gasteiger partial charge in [-0.3, -0.25) is 9.59 Å². The standard InChI is InChI=1S/C23H26N4O3/c1-3-5-8-15-27-23(30)19-10-7-6-9-18(19)21(26-27)22(29)25-24-20(4-2)16-11-13-17(28)14-12-16/h6-7,9-14,28H,3-5,8,15H2,1-2H3,(H,25,29)/b24-20+. The Bertz CT molecular complexity index is 1120. The van der Waals surface area contributed by atoms with E-state index in [1.54, 1.807) is 48.5 Å². The van der Waals surface area contributed by atoms with Crippen LogP contribution in [0.15, 0.2) is 58.4 Å². The number of hydrogen-bond donors (Lipinski definition) is 2. The van der Waals surface area contributed by atoms with Crippen LogP contribution in [0, 0.1) is 0 Å². The second kappa shape index (κ2) is 9.82. The van der Waals surface area contributed by atoms with E-state index in [4.69, 9.17) is 0 Å². The largest absolute Gasteiger partial charge is 0.508 e. The third-order valence-electron chi connectivity index (χ3n) is 4.88. The molecule has 0 saturated heterocycles. The zero-order chi connectivity index (χ0) is 21.5. The Morgan fingerprint density at radius 1 is 1.07 bits per heavy atom. The third kappa shape index (κ3) is 4.74. The van der Waals surface area contributed by atoms with Crippen LogP contribution in [0.4, 0.5) is 0 Å². The lowest BCUT2D eigenvalue weighted by Crippen LogP contribution is -2.29. The zero-order valence-corrected chi connectivity index (χ0v) is 17.3. The predicted octanol–water partition coefficient (Wildman–Crippen LogP) is 3.84. The highest BCUT2D eigenvalue weighted by Gasteiger charge is 2.16. The molecule has 2 aromatic carbocycles. The van der Waals surface area contributed by atoms with Crippen LogP contribution in [0.3, 0.4) is 0 Å². The van der Waals surface area contributed by atoms with Crippen LogP contribution < -0.4 is 11.0 Å². The van der Waals surface area contributed by atoms with Crippen molar-refractivity contribution in [3.05, 3.63) is 70.1 Å². The Kier molecular flexibility index (Phi) is 6.95. The maximum absolute atomic E-state index is 12.9. The highest BCUT2D eigenvalue weighted by atomic mass is 16.3. The fraction of sp³-hybridized carbons (Fsp3) is 0.304. The van der Waals surface area contributed by atoms with Gasteiger partial charge in [-0.05, 0) is 48.7 Å². The minimum atomic E-state index is -0.472. The van der Waals surface area contributed by atoms with Crippen LogP contribution in [0.5, 0.6) is 5.75 Å². The van der Waals surface area contributed by atoms with Crippen molar-refractivity contribution in [2.45, 2.75) is 46.1 Å². The van der Waals surface area contributed by atoms with Crippen molar-refractivity contribution in [3.8, 4) is 5.75 Å². The molecule has 1 amide bonds. The molecule has 30 heavy (non-hydrogen) atoms. The predicted molar refractivity (Wildman–Crippen MR) is 118 cm³/mol. The Morgan fingerprint density at radius 3 is 2.43 bits per heavy atom. The SMILES string of the molecule is CCCCCn1nc(C(=O)N/N=C(\CC)c2ccc(O)cc2)c2ccccc2c1=O. The summed E-state index contributed by atoms with van der Waals surface area (Å²) in [6, 6.07) is 13.6. The molecule has 0 bridgehead atoms. The van der Waals surface area contributed by atoms with Gasteiger partial charge in [0.05, 0.1) is 11.1 Å². The van der Waals surface area contributed by atoms with Gasteiger partial charge in [-0.2, -0.15) is 10.2 Å². The van der Waals surface area contributed by atoms with Gasteiger partial charge in [0.25, 0.3) is 11.5 Å². The summed E-state index contributed by atoms with van der Waals surface area (Å²) in [7, 11) is 0. The third-order valence-corrected chi connectivity index (χ3v) is 4.88. The van der Waals surface area contributed by atoms with Crippen LogP contribution in [0.1, 0.15) is 55.6 Å². The van der Waals surface area contributed by atoms with Crippen molar-refractivity contribution < 1.29 is 9.90 Å². The average molecular weight is 406 g/mol. The summed E-state index contributed by atoms with van der Waals surface area (Å²) < 4.78 is 1.37. The first-order chi connectivity index (χ1) is 14.5. The Labute approximate surface area is 175 Å². The topological polar surface area (TPSA) is 96.6 Å². The second-order valence-corrected chi connectivity index (χ2v) is 7.03. The molecule has 0 aliphatic rings. The van der Waals surface area contributed by atoms with Gasteiger partial charge in [0.2, 0.25) is 0 Å². The lowest BCUT2D eigenvalue weighted by Gasteiger charge is -2.10. The molecule has 2 N–H and O–H groups in total. The number of phenols is 1. The quantitative estimate of drug-likeness (QED) is 0.337. The van der Waals surface area contributed by atoms with E-state index in [0.717, 1.165) is 24.8 Å². The summed E-state index contributed by atoms with van der Waals surface area (Å²) in [4.78, 5) is 25.7. The highest BCUT2D eigenvalue weighted by molar-refractivity contribution is 6.06. The lowest BCUT2D eigenvalue weighted by molar-refractivity contribution is 0.0949. The molecule has 0 aliphatic heterocycles. The first-order valence-electron chi connectivity index (χ1n) is 10.2.